The van der Waals surface area contributed by atoms with Crippen LogP contribution in [-0.2, 0) is 9.53 Å². The molecule has 0 amide bonds. The fourth-order valence-corrected chi connectivity index (χ4v) is 4.77. The van der Waals surface area contributed by atoms with Gasteiger partial charge in [-0.1, -0.05) is 69.7 Å². The monoisotopic (exact) mass is 536 g/mol. The zero-order chi connectivity index (χ0) is 23.8. The molecule has 0 saturated carbocycles. The summed E-state index contributed by atoms with van der Waals surface area (Å²) in [5.41, 5.74) is -1.57. The molecule has 0 aliphatic carbocycles. The van der Waals surface area contributed by atoms with Crippen LogP contribution in [0.3, 0.4) is 0 Å². The molecule has 1 aliphatic heterocycles. The highest BCUT2D eigenvalue weighted by molar-refractivity contribution is 9.10. The number of benzene rings is 2. The summed E-state index contributed by atoms with van der Waals surface area (Å²) < 4.78 is 49.2. The molecule has 1 atom stereocenters. The molecule has 170 valence electrons. The molecule has 4 rings (SSSR count). The van der Waals surface area contributed by atoms with Crippen LogP contribution in [0.25, 0.3) is 6.08 Å². The summed E-state index contributed by atoms with van der Waals surface area (Å²) >= 11 is 4.17. The average Bonchev–Trinajstić information content (AvgIpc) is 3.09. The second-order valence-corrected chi connectivity index (χ2v) is 8.95. The summed E-state index contributed by atoms with van der Waals surface area (Å²) in [5, 5.41) is 0. The second-order valence-electron chi connectivity index (χ2n) is 7.03. The van der Waals surface area contributed by atoms with Gasteiger partial charge in [0.1, 0.15) is 0 Å². The Hall–Kier alpha value is -2.98. The van der Waals surface area contributed by atoms with Gasteiger partial charge in [-0.2, -0.15) is 13.2 Å². The highest BCUT2D eigenvalue weighted by Crippen LogP contribution is 2.38. The Kier molecular flexibility index (Phi) is 6.40. The van der Waals surface area contributed by atoms with E-state index in [9.17, 15) is 22.8 Å². The van der Waals surface area contributed by atoms with Gasteiger partial charge in [0.15, 0.2) is 10.5 Å². The first kappa shape index (κ1) is 23.2. The Morgan fingerprint density at radius 1 is 1.18 bits per heavy atom. The van der Waals surface area contributed by atoms with Gasteiger partial charge in [-0.25, -0.2) is 9.79 Å². The molecule has 0 N–H and O–H groups in total. The van der Waals surface area contributed by atoms with Crippen LogP contribution < -0.4 is 14.9 Å². The number of carbonyl (C=O) groups excluding carboxylic acids is 1. The number of aromatic nitrogens is 1. The predicted molar refractivity (Wildman–Crippen MR) is 121 cm³/mol. The van der Waals surface area contributed by atoms with Crippen LogP contribution in [0.2, 0.25) is 0 Å². The van der Waals surface area contributed by atoms with Gasteiger partial charge in [0, 0.05) is 4.47 Å². The van der Waals surface area contributed by atoms with Crippen LogP contribution >= 0.6 is 27.3 Å². The zero-order valence-electron chi connectivity index (χ0n) is 17.1. The van der Waals surface area contributed by atoms with Gasteiger partial charge in [-0.15, -0.1) is 0 Å². The van der Waals surface area contributed by atoms with E-state index in [0.29, 0.717) is 11.1 Å². The summed E-state index contributed by atoms with van der Waals surface area (Å²) in [4.78, 5) is 29.7. The maximum Gasteiger partial charge on any atom is 0.434 e. The van der Waals surface area contributed by atoms with Crippen LogP contribution in [0.1, 0.15) is 24.1 Å². The van der Waals surface area contributed by atoms with Crippen molar-refractivity contribution in [2.45, 2.75) is 19.1 Å². The van der Waals surface area contributed by atoms with Crippen molar-refractivity contribution in [3.05, 3.63) is 101 Å². The second kappa shape index (κ2) is 9.11. The lowest BCUT2D eigenvalue weighted by atomic mass is 9.95. The summed E-state index contributed by atoms with van der Waals surface area (Å²) in [6, 6.07) is 13.9. The lowest BCUT2D eigenvalue weighted by Crippen LogP contribution is -2.41. The molecular formula is C23H16BrF3N2O3S. The van der Waals surface area contributed by atoms with Crippen molar-refractivity contribution in [2.24, 2.45) is 4.99 Å². The van der Waals surface area contributed by atoms with E-state index in [1.807, 2.05) is 0 Å². The minimum absolute atomic E-state index is 0.122. The molecule has 0 bridgehead atoms. The van der Waals surface area contributed by atoms with Crippen LogP contribution in [0.4, 0.5) is 13.2 Å². The van der Waals surface area contributed by atoms with Gasteiger partial charge in [0.2, 0.25) is 0 Å². The number of ether oxygens (including phenoxy) is 1. The Morgan fingerprint density at radius 2 is 1.85 bits per heavy atom. The van der Waals surface area contributed by atoms with Crippen molar-refractivity contribution >= 4 is 39.3 Å². The largest absolute Gasteiger partial charge is 0.463 e. The average molecular weight is 537 g/mol. The molecule has 2 aromatic carbocycles. The molecule has 0 radical (unpaired) electrons. The molecule has 3 aromatic rings. The third kappa shape index (κ3) is 4.58. The molecule has 0 unspecified atom stereocenters. The number of fused-ring (bicyclic) bond motifs is 1. The molecular weight excluding hydrogens is 521 g/mol. The van der Waals surface area contributed by atoms with Gasteiger partial charge in [0.05, 0.1) is 22.8 Å². The molecule has 1 aliphatic rings. The minimum Gasteiger partial charge on any atom is -0.463 e. The van der Waals surface area contributed by atoms with E-state index in [2.05, 4.69) is 20.9 Å². The smallest absolute Gasteiger partial charge is 0.434 e. The molecule has 2 heterocycles. The van der Waals surface area contributed by atoms with Crippen molar-refractivity contribution in [1.82, 2.24) is 4.57 Å². The Balaban J connectivity index is 2.04. The van der Waals surface area contributed by atoms with E-state index in [-0.39, 0.29) is 15.9 Å². The number of carbonyl (C=O) groups is 1. The van der Waals surface area contributed by atoms with Crippen LogP contribution in [0.5, 0.6) is 0 Å². The molecule has 10 heteroatoms. The van der Waals surface area contributed by atoms with Gasteiger partial charge >= 0.3 is 12.1 Å². The number of hydrogen-bond acceptors (Lipinski definition) is 5. The zero-order valence-corrected chi connectivity index (χ0v) is 19.5. The van der Waals surface area contributed by atoms with E-state index in [0.717, 1.165) is 20.4 Å². The van der Waals surface area contributed by atoms with Crippen LogP contribution in [-0.4, -0.2) is 23.3 Å². The summed E-state index contributed by atoms with van der Waals surface area (Å²) in [6.45, 7) is 1.37. The normalized spacial score (nSPS) is 16.4. The van der Waals surface area contributed by atoms with E-state index in [4.69, 9.17) is 4.74 Å². The number of thiazole rings is 1. The first-order chi connectivity index (χ1) is 15.7. The summed E-state index contributed by atoms with van der Waals surface area (Å²) in [5.74, 6) is -1.16. The number of rotatable bonds is 4. The lowest BCUT2D eigenvalue weighted by molar-refractivity contribution is -0.140. The first-order valence-corrected chi connectivity index (χ1v) is 11.4. The van der Waals surface area contributed by atoms with Crippen molar-refractivity contribution in [2.75, 3.05) is 6.61 Å². The Bertz CT molecular complexity index is 1410. The maximum absolute atomic E-state index is 14.0. The first-order valence-electron chi connectivity index (χ1n) is 9.81. The topological polar surface area (TPSA) is 60.7 Å². The van der Waals surface area contributed by atoms with E-state index >= 15 is 0 Å². The number of halogens is 4. The molecule has 0 spiro atoms. The highest BCUT2D eigenvalue weighted by atomic mass is 79.9. The third-order valence-corrected chi connectivity index (χ3v) is 6.39. The van der Waals surface area contributed by atoms with Gasteiger partial charge in [-0.3, -0.25) is 9.36 Å². The molecule has 0 fully saturated rings. The lowest BCUT2D eigenvalue weighted by Gasteiger charge is -2.26. The number of allylic oxidation sites excluding steroid dienone is 1. The van der Waals surface area contributed by atoms with Crippen LogP contribution in [0, 0.1) is 0 Å². The highest BCUT2D eigenvalue weighted by Gasteiger charge is 2.45. The molecule has 33 heavy (non-hydrogen) atoms. The Labute approximate surface area is 198 Å². The van der Waals surface area contributed by atoms with E-state index in [1.54, 1.807) is 60.7 Å². The van der Waals surface area contributed by atoms with Crippen molar-refractivity contribution in [3.8, 4) is 0 Å². The maximum atomic E-state index is 14.0. The van der Waals surface area contributed by atoms with Crippen LogP contribution in [0.15, 0.2) is 80.1 Å². The van der Waals surface area contributed by atoms with Gasteiger partial charge in [-0.05, 0) is 36.3 Å². The number of hydrogen-bond donors (Lipinski definition) is 0. The number of nitrogens with zero attached hydrogens (tertiary/aromatic N) is 2. The predicted octanol–water partition coefficient (Wildman–Crippen LogP) is 4.10. The van der Waals surface area contributed by atoms with Crippen molar-refractivity contribution in [3.63, 3.8) is 0 Å². The number of esters is 1. The van der Waals surface area contributed by atoms with E-state index < -0.39 is 35.0 Å². The minimum atomic E-state index is -4.92. The number of alkyl halides is 3. The quantitative estimate of drug-likeness (QED) is 0.471. The van der Waals surface area contributed by atoms with Crippen molar-refractivity contribution < 1.29 is 22.7 Å². The van der Waals surface area contributed by atoms with Crippen molar-refractivity contribution in [1.29, 1.82) is 0 Å². The van der Waals surface area contributed by atoms with E-state index in [1.165, 1.54) is 6.92 Å². The Morgan fingerprint density at radius 3 is 2.45 bits per heavy atom. The molecule has 1 aromatic heterocycles. The SMILES string of the molecule is CCOC(=O)C1=C(C(F)(F)F)N=c2s/c(=C\c3ccc(Br)cc3)c(=O)n2[C@@H]1c1ccccc1. The summed E-state index contributed by atoms with van der Waals surface area (Å²) in [7, 11) is 0. The van der Waals surface area contributed by atoms with Gasteiger partial charge < -0.3 is 4.74 Å². The fourth-order valence-electron chi connectivity index (χ4n) is 3.50. The third-order valence-electron chi connectivity index (χ3n) is 4.88. The molecule has 5 nitrogen and oxygen atoms in total. The molecule has 0 saturated heterocycles. The summed E-state index contributed by atoms with van der Waals surface area (Å²) in [6.07, 6.45) is -3.34. The van der Waals surface area contributed by atoms with Gasteiger partial charge in [0.25, 0.3) is 5.56 Å². The fraction of sp³-hybridized carbons (Fsp3) is 0.174. The standard InChI is InChI=1S/C23H16BrF3N2O3S/c1-2-32-21(31)17-18(14-6-4-3-5-7-14)29-20(30)16(12-13-8-10-15(24)11-9-13)33-22(29)28-19(17)23(25,26)27/h3-12,18H,2H2,1H3/b16-12-/t18-/m1/s1.